The van der Waals surface area contributed by atoms with Crippen molar-refractivity contribution in [1.29, 1.82) is 0 Å². The maximum atomic E-state index is 13.5. The van der Waals surface area contributed by atoms with Gasteiger partial charge in [-0.05, 0) is 47.8 Å². The number of hydrogen-bond acceptors (Lipinski definition) is 2. The third kappa shape index (κ3) is 2.69. The SMILES string of the molecule is COc1c(Br)cc(F)c(C)c1CC(C)N. The summed E-state index contributed by atoms with van der Waals surface area (Å²) in [7, 11) is 1.57. The summed E-state index contributed by atoms with van der Waals surface area (Å²) >= 11 is 3.28. The van der Waals surface area contributed by atoms with E-state index in [4.69, 9.17) is 10.5 Å². The molecule has 1 aromatic rings. The Bertz CT molecular complexity index is 366. The molecule has 0 saturated carbocycles. The number of methoxy groups -OCH3 is 1. The van der Waals surface area contributed by atoms with Gasteiger partial charge in [0.05, 0.1) is 11.6 Å². The van der Waals surface area contributed by atoms with E-state index in [0.29, 0.717) is 22.2 Å². The van der Waals surface area contributed by atoms with E-state index in [1.807, 2.05) is 6.92 Å². The molecule has 0 aliphatic heterocycles. The molecule has 0 radical (unpaired) electrons. The molecule has 0 aromatic heterocycles. The van der Waals surface area contributed by atoms with Gasteiger partial charge in [0, 0.05) is 11.6 Å². The van der Waals surface area contributed by atoms with Gasteiger partial charge in [0.1, 0.15) is 11.6 Å². The van der Waals surface area contributed by atoms with Gasteiger partial charge in [0.15, 0.2) is 0 Å². The summed E-state index contributed by atoms with van der Waals surface area (Å²) in [5, 5.41) is 0. The van der Waals surface area contributed by atoms with E-state index in [-0.39, 0.29) is 11.9 Å². The summed E-state index contributed by atoms with van der Waals surface area (Å²) in [4.78, 5) is 0. The molecule has 2 nitrogen and oxygen atoms in total. The second-order valence-corrected chi connectivity index (χ2v) is 4.51. The van der Waals surface area contributed by atoms with Crippen LogP contribution in [-0.2, 0) is 6.42 Å². The zero-order valence-corrected chi connectivity index (χ0v) is 10.7. The van der Waals surface area contributed by atoms with Crippen LogP contribution in [0.4, 0.5) is 4.39 Å². The summed E-state index contributed by atoms with van der Waals surface area (Å²) in [6.07, 6.45) is 0.603. The smallest absolute Gasteiger partial charge is 0.136 e. The minimum Gasteiger partial charge on any atom is -0.495 e. The normalized spacial score (nSPS) is 12.7. The zero-order valence-electron chi connectivity index (χ0n) is 9.10. The van der Waals surface area contributed by atoms with Gasteiger partial charge in [-0.2, -0.15) is 0 Å². The van der Waals surface area contributed by atoms with Crippen LogP contribution in [0, 0.1) is 12.7 Å². The van der Waals surface area contributed by atoms with Crippen molar-refractivity contribution in [2.24, 2.45) is 5.73 Å². The van der Waals surface area contributed by atoms with Gasteiger partial charge in [-0.15, -0.1) is 0 Å². The average molecular weight is 276 g/mol. The van der Waals surface area contributed by atoms with Crippen LogP contribution in [0.25, 0.3) is 0 Å². The fourth-order valence-corrected chi connectivity index (χ4v) is 2.13. The second-order valence-electron chi connectivity index (χ2n) is 3.66. The highest BCUT2D eigenvalue weighted by Crippen LogP contribution is 2.33. The van der Waals surface area contributed by atoms with Gasteiger partial charge in [0.25, 0.3) is 0 Å². The van der Waals surface area contributed by atoms with E-state index < -0.39 is 0 Å². The molecule has 0 spiro atoms. The minimum absolute atomic E-state index is 0.0219. The first-order valence-electron chi connectivity index (χ1n) is 4.74. The average Bonchev–Trinajstić information content (AvgIpc) is 2.13. The first-order valence-corrected chi connectivity index (χ1v) is 5.53. The van der Waals surface area contributed by atoms with Crippen molar-refractivity contribution in [1.82, 2.24) is 0 Å². The fraction of sp³-hybridized carbons (Fsp3) is 0.455. The lowest BCUT2D eigenvalue weighted by Crippen LogP contribution is -2.19. The molecule has 1 aromatic carbocycles. The lowest BCUT2D eigenvalue weighted by atomic mass is 10.0. The Kier molecular flexibility index (Phi) is 4.11. The van der Waals surface area contributed by atoms with Gasteiger partial charge in [-0.1, -0.05) is 0 Å². The first kappa shape index (κ1) is 12.5. The molecule has 84 valence electrons. The monoisotopic (exact) mass is 275 g/mol. The standard InChI is InChI=1S/C11H15BrFNO/c1-6(14)4-8-7(2)10(13)5-9(12)11(8)15-3/h5-6H,4,14H2,1-3H3. The highest BCUT2D eigenvalue weighted by atomic mass is 79.9. The van der Waals surface area contributed by atoms with E-state index in [1.165, 1.54) is 6.07 Å². The first-order chi connectivity index (χ1) is 6.97. The summed E-state index contributed by atoms with van der Waals surface area (Å²) in [5.74, 6) is 0.435. The summed E-state index contributed by atoms with van der Waals surface area (Å²) in [5.41, 5.74) is 7.16. The molecule has 1 unspecified atom stereocenters. The predicted molar refractivity (Wildman–Crippen MR) is 62.7 cm³/mol. The maximum absolute atomic E-state index is 13.5. The maximum Gasteiger partial charge on any atom is 0.136 e. The van der Waals surface area contributed by atoms with E-state index in [9.17, 15) is 4.39 Å². The molecule has 1 atom stereocenters. The molecule has 0 aliphatic rings. The molecule has 0 fully saturated rings. The minimum atomic E-state index is -0.238. The van der Waals surface area contributed by atoms with Crippen molar-refractivity contribution >= 4 is 15.9 Å². The van der Waals surface area contributed by atoms with Crippen molar-refractivity contribution in [3.05, 3.63) is 27.5 Å². The van der Waals surface area contributed by atoms with Gasteiger partial charge in [-0.25, -0.2) is 4.39 Å². The van der Waals surface area contributed by atoms with Crippen LogP contribution < -0.4 is 10.5 Å². The molecule has 1 rings (SSSR count). The van der Waals surface area contributed by atoms with Crippen LogP contribution in [-0.4, -0.2) is 13.2 Å². The second kappa shape index (κ2) is 4.94. The third-order valence-electron chi connectivity index (χ3n) is 2.29. The van der Waals surface area contributed by atoms with Crippen molar-refractivity contribution in [2.75, 3.05) is 7.11 Å². The highest BCUT2D eigenvalue weighted by Gasteiger charge is 2.15. The Morgan fingerprint density at radius 2 is 2.20 bits per heavy atom. The number of hydrogen-bond donors (Lipinski definition) is 1. The van der Waals surface area contributed by atoms with Crippen molar-refractivity contribution in [2.45, 2.75) is 26.3 Å². The summed E-state index contributed by atoms with van der Waals surface area (Å²) in [6, 6.07) is 1.39. The van der Waals surface area contributed by atoms with E-state index in [0.717, 1.165) is 5.56 Å². The Morgan fingerprint density at radius 3 is 2.67 bits per heavy atom. The molecular weight excluding hydrogens is 261 g/mol. The van der Waals surface area contributed by atoms with Crippen molar-refractivity contribution in [3.63, 3.8) is 0 Å². The number of nitrogens with two attached hydrogens (primary N) is 1. The molecule has 0 heterocycles. The van der Waals surface area contributed by atoms with Crippen LogP contribution >= 0.6 is 15.9 Å². The van der Waals surface area contributed by atoms with Crippen molar-refractivity contribution in [3.8, 4) is 5.75 Å². The molecule has 0 saturated heterocycles. The molecule has 0 bridgehead atoms. The molecular formula is C11H15BrFNO. The van der Waals surface area contributed by atoms with Crippen LogP contribution in [0.5, 0.6) is 5.75 Å². The molecule has 15 heavy (non-hydrogen) atoms. The molecule has 2 N–H and O–H groups in total. The van der Waals surface area contributed by atoms with Crippen LogP contribution in [0.2, 0.25) is 0 Å². The van der Waals surface area contributed by atoms with E-state index in [1.54, 1.807) is 14.0 Å². The number of benzene rings is 1. The fourth-order valence-electron chi connectivity index (χ4n) is 1.53. The lowest BCUT2D eigenvalue weighted by Gasteiger charge is -2.15. The largest absolute Gasteiger partial charge is 0.495 e. The zero-order chi connectivity index (χ0) is 11.6. The Labute approximate surface area is 97.7 Å². The summed E-state index contributed by atoms with van der Waals surface area (Å²) < 4.78 is 19.4. The quantitative estimate of drug-likeness (QED) is 0.921. The van der Waals surface area contributed by atoms with E-state index in [2.05, 4.69) is 15.9 Å². The Hall–Kier alpha value is -0.610. The van der Waals surface area contributed by atoms with Gasteiger partial charge in [-0.3, -0.25) is 0 Å². The van der Waals surface area contributed by atoms with Crippen molar-refractivity contribution < 1.29 is 9.13 Å². The number of ether oxygens (including phenoxy) is 1. The van der Waals surface area contributed by atoms with E-state index >= 15 is 0 Å². The van der Waals surface area contributed by atoms with Crippen LogP contribution in [0.15, 0.2) is 10.5 Å². The van der Waals surface area contributed by atoms with Gasteiger partial charge < -0.3 is 10.5 Å². The van der Waals surface area contributed by atoms with Crippen LogP contribution in [0.3, 0.4) is 0 Å². The highest BCUT2D eigenvalue weighted by molar-refractivity contribution is 9.10. The number of rotatable bonds is 3. The molecule has 4 heteroatoms. The summed E-state index contributed by atoms with van der Waals surface area (Å²) in [6.45, 7) is 3.62. The van der Waals surface area contributed by atoms with Crippen LogP contribution in [0.1, 0.15) is 18.1 Å². The topological polar surface area (TPSA) is 35.2 Å². The number of halogens is 2. The Morgan fingerprint density at radius 1 is 1.60 bits per heavy atom. The molecule has 0 amide bonds. The van der Waals surface area contributed by atoms with Gasteiger partial charge in [0.2, 0.25) is 0 Å². The lowest BCUT2D eigenvalue weighted by molar-refractivity contribution is 0.403. The molecule has 0 aliphatic carbocycles. The Balaban J connectivity index is 3.30. The third-order valence-corrected chi connectivity index (χ3v) is 2.87. The predicted octanol–water partition coefficient (Wildman–Crippen LogP) is 2.79. The van der Waals surface area contributed by atoms with Gasteiger partial charge >= 0.3 is 0 Å².